The minimum atomic E-state index is -4.50. The van der Waals surface area contributed by atoms with E-state index in [1.54, 1.807) is 0 Å². The van der Waals surface area contributed by atoms with Crippen molar-refractivity contribution in [1.29, 1.82) is 10.5 Å². The fraction of sp³-hybridized carbons (Fsp3) is 0.923. The molecule has 0 fully saturated rings. The third-order valence-electron chi connectivity index (χ3n) is 5.93. The van der Waals surface area contributed by atoms with Crippen LogP contribution in [0.4, 0.5) is 47.9 Å². The van der Waals surface area contributed by atoms with Crippen LogP contribution in [0, 0.1) is 29.7 Å². The van der Waals surface area contributed by atoms with E-state index in [-0.39, 0.29) is 191 Å². The van der Waals surface area contributed by atoms with Gasteiger partial charge in [-0.05, 0) is 0 Å². The average molecular weight is 1220 g/mol. The normalized spacial score (nSPS) is 8.18. The molecule has 0 aromatic carbocycles. The van der Waals surface area contributed by atoms with Crippen molar-refractivity contribution in [1.82, 2.24) is 0 Å². The Morgan fingerprint density at radius 3 is 0.631 bits per heavy atom. The van der Waals surface area contributed by atoms with Gasteiger partial charge in [0, 0.05) is 16.1 Å². The van der Waals surface area contributed by atoms with E-state index >= 15 is 0 Å². The van der Waals surface area contributed by atoms with Crippen LogP contribution in [-0.4, -0.2) is 28.5 Å². The van der Waals surface area contributed by atoms with E-state index in [1.165, 1.54) is 154 Å². The summed E-state index contributed by atoms with van der Waals surface area (Å²) in [6, 6.07) is 0. The van der Waals surface area contributed by atoms with Crippen LogP contribution in [0.5, 0.6) is 0 Å². The zero-order chi connectivity index (χ0) is 49.4. The first-order valence-corrected chi connectivity index (χ1v) is 26.2. The average Bonchev–Trinajstić information content (AvgIpc) is 3.13. The second-order valence-electron chi connectivity index (χ2n) is 13.2. The molecule has 0 spiro atoms. The van der Waals surface area contributed by atoms with E-state index < -0.39 is 35.2 Å². The van der Waals surface area contributed by atoms with Crippen molar-refractivity contribution >= 4 is 49.4 Å². The van der Waals surface area contributed by atoms with Gasteiger partial charge < -0.3 is 54.4 Å². The molecule has 26 heteroatoms. The Labute approximate surface area is 555 Å². The van der Waals surface area contributed by atoms with Crippen LogP contribution in [0.25, 0.3) is 0 Å². The molecule has 0 bridgehead atoms. The van der Waals surface area contributed by atoms with Crippen molar-refractivity contribution in [3.63, 3.8) is 0 Å². The van der Waals surface area contributed by atoms with Gasteiger partial charge in [0.25, 0.3) is 0 Å². The summed E-state index contributed by atoms with van der Waals surface area (Å²) in [5, 5.41) is 13.4. The molecule has 0 aliphatic carbocycles. The van der Waals surface area contributed by atoms with Gasteiger partial charge in [-0.1, -0.05) is 229 Å². The van der Waals surface area contributed by atoms with Crippen LogP contribution in [0.2, 0.25) is 19.6 Å². The number of nitrogens with two attached hydrogens (primary N) is 2. The number of alkyl halides is 3. The van der Waals surface area contributed by atoms with Gasteiger partial charge in [-0.15, -0.1) is 0 Å². The molecule has 0 aliphatic rings. The van der Waals surface area contributed by atoms with Crippen LogP contribution < -0.4 is 202 Å². The molecule has 4 nitrogen and oxygen atoms in total. The smallest absolute Gasteiger partial charge is 1.00 e. The molecule has 0 heterocycles. The quantitative estimate of drug-likeness (QED) is 0.0363. The summed E-state index contributed by atoms with van der Waals surface area (Å²) in [4.78, 5) is 0. The Balaban J connectivity index is -0.0000000263. The summed E-state index contributed by atoms with van der Waals surface area (Å²) in [5.41, 5.74) is 3.35. The Morgan fingerprint density at radius 2 is 0.600 bits per heavy atom. The van der Waals surface area contributed by atoms with Gasteiger partial charge in [-0.3, -0.25) is 26.3 Å². The Hall–Kier alpha value is 5.29. The molecule has 0 rings (SSSR count). The number of unbranched alkanes of at least 4 members (excludes halogenated alkanes) is 20. The molecule has 65 heavy (non-hydrogen) atoms. The zero-order valence-corrected chi connectivity index (χ0v) is 59.3. The van der Waals surface area contributed by atoms with E-state index in [4.69, 9.17) is 28.2 Å². The van der Waals surface area contributed by atoms with Gasteiger partial charge in [0.15, 0.2) is 6.68 Å². The molecule has 0 saturated carbocycles. The SMILES string of the molecule is CCCCCCCC.CCCCCCCC.CCCCCCCC.CCCCCCCC.C[Si](C)(C)Cl.FB(F)F.F[C-](F)F.N#CB(F)F.NBr.NC(F)(F)F.[Br-].[C-]#N.[Cl-].[K+].[K+].[Na+].[Na+]. The van der Waals surface area contributed by atoms with E-state index in [0.29, 0.717) is 5.97 Å². The van der Waals surface area contributed by atoms with Crippen molar-refractivity contribution < 1.29 is 239 Å². The monoisotopic (exact) mass is 1220 g/mol. The van der Waals surface area contributed by atoms with Gasteiger partial charge in [0.2, 0.25) is 0 Å². The van der Waals surface area contributed by atoms with Gasteiger partial charge >= 0.3 is 183 Å². The first kappa shape index (κ1) is 119. The number of halogens is 15. The van der Waals surface area contributed by atoms with Crippen molar-refractivity contribution in [2.75, 3.05) is 0 Å². The third-order valence-corrected chi connectivity index (χ3v) is 5.93. The van der Waals surface area contributed by atoms with Crippen LogP contribution in [0.3, 0.4) is 0 Å². The maximum atomic E-state index is 10.4. The Bertz CT molecular complexity index is 604. The summed E-state index contributed by atoms with van der Waals surface area (Å²) >= 11 is 8.11. The molecule has 0 aliphatic heterocycles. The van der Waals surface area contributed by atoms with E-state index in [1.807, 2.05) is 0 Å². The van der Waals surface area contributed by atoms with Crippen LogP contribution in [0.15, 0.2) is 0 Å². The third kappa shape index (κ3) is 421. The molecular formula is C39H85B2Br2Cl2F11K2N4Na2Si. The molecule has 0 saturated heterocycles. The summed E-state index contributed by atoms with van der Waals surface area (Å²) < 4.78 is 113. The van der Waals surface area contributed by atoms with Gasteiger partial charge in [-0.25, -0.2) is 11.0 Å². The topological polar surface area (TPSA) is 99.6 Å². The predicted molar refractivity (Wildman–Crippen MR) is 243 cm³/mol. The summed E-state index contributed by atoms with van der Waals surface area (Å²) in [7, 11) is -7.62. The Morgan fingerprint density at radius 1 is 0.538 bits per heavy atom. The summed E-state index contributed by atoms with van der Waals surface area (Å²) in [5.74, 6) is 0.694. The predicted octanol–water partition coefficient (Wildman–Crippen LogP) is 1.07. The second-order valence-corrected chi connectivity index (χ2v) is 20.7. The number of nitriles is 1. The minimum absolute atomic E-state index is 0. The molecule has 0 unspecified atom stereocenters. The number of nitrogens with zero attached hydrogens (tertiary/aromatic N) is 2. The van der Waals surface area contributed by atoms with Crippen molar-refractivity contribution in [2.24, 2.45) is 10.5 Å². The Kier molecular flexibility index (Phi) is 225. The van der Waals surface area contributed by atoms with Crippen molar-refractivity contribution in [2.45, 2.75) is 235 Å². The van der Waals surface area contributed by atoms with Crippen LogP contribution >= 0.6 is 27.2 Å². The van der Waals surface area contributed by atoms with Crippen LogP contribution in [-0.2, 0) is 0 Å². The number of hydrogen-bond donors (Lipinski definition) is 2. The van der Waals surface area contributed by atoms with Gasteiger partial charge in [-0.2, -0.15) is 24.3 Å². The van der Waals surface area contributed by atoms with E-state index in [0.717, 1.165) is 0 Å². The molecule has 380 valence electrons. The summed E-state index contributed by atoms with van der Waals surface area (Å²) in [6.07, 6.45) is 29.5. The molecular weight excluding hydrogens is 1140 g/mol. The number of rotatable bonds is 20. The fourth-order valence-electron chi connectivity index (χ4n) is 3.41. The largest absolute Gasteiger partial charge is 1.00 e. The van der Waals surface area contributed by atoms with Gasteiger partial charge in [0.1, 0.15) is 7.38 Å². The fourth-order valence-corrected chi connectivity index (χ4v) is 3.41. The zero-order valence-electron chi connectivity index (χ0n) is 43.3. The van der Waals surface area contributed by atoms with E-state index in [2.05, 4.69) is 102 Å². The number of hydrogen-bond acceptors (Lipinski definition) is 4. The standard InChI is InChI=1S/4C8H18.C3H9ClSi.CBF2N.CH2F3N.CF3.CN.BF3.BrH2N.BrH.ClH.2K.2Na/c4*1-3-5-7-8-6-4-2;1-5(2,3)4;3-2(4)1-5;2-1(3,4)5;2-1(3)4;1-2;2-1(3)4;1-2;;;;;;/h4*3-8H2,1-2H3;1-3H3;;5H2;;;;2H2;2*1H;;;;/q;;;;;;;2*-1;;;;;4*+1/p-2. The van der Waals surface area contributed by atoms with Gasteiger partial charge in [0.05, 0.1) is 5.97 Å². The molecule has 0 radical (unpaired) electrons. The summed E-state index contributed by atoms with van der Waals surface area (Å²) in [6.45, 7) is 26.0. The first-order chi connectivity index (χ1) is 27.4. The van der Waals surface area contributed by atoms with Crippen molar-refractivity contribution in [3.05, 3.63) is 13.3 Å². The first-order valence-electron chi connectivity index (χ1n) is 20.8. The molecule has 0 aromatic heterocycles. The van der Waals surface area contributed by atoms with Crippen LogP contribution in [0.1, 0.15) is 209 Å². The second kappa shape index (κ2) is 123. The molecule has 0 amide bonds. The van der Waals surface area contributed by atoms with E-state index in [9.17, 15) is 47.9 Å². The maximum absolute atomic E-state index is 10.4. The maximum Gasteiger partial charge on any atom is 1.00 e. The molecule has 0 atom stereocenters. The van der Waals surface area contributed by atoms with Crippen molar-refractivity contribution in [3.8, 4) is 5.97 Å². The molecule has 0 aromatic rings. The molecule has 4 N–H and O–H groups in total. The minimum Gasteiger partial charge on any atom is -1.00 e.